The summed E-state index contributed by atoms with van der Waals surface area (Å²) in [5.74, 6) is -2.51. The highest BCUT2D eigenvalue weighted by Gasteiger charge is 2.42. The summed E-state index contributed by atoms with van der Waals surface area (Å²) in [7, 11) is -9.87. The zero-order valence-electron chi connectivity index (χ0n) is 7.52. The fourth-order valence-corrected chi connectivity index (χ4v) is 2.68. The number of hydrogen-bond acceptors (Lipinski definition) is 6. The Hall–Kier alpha value is -1.10. The first-order valence-electron chi connectivity index (χ1n) is 3.76. The maximum atomic E-state index is 11.3. The molecule has 0 saturated heterocycles. The summed E-state index contributed by atoms with van der Waals surface area (Å²) in [5, 5.41) is -2.18. The zero-order chi connectivity index (χ0) is 12.7. The van der Waals surface area contributed by atoms with Crippen molar-refractivity contribution in [3.63, 3.8) is 0 Å². The van der Waals surface area contributed by atoms with Crippen molar-refractivity contribution in [1.82, 2.24) is 0 Å². The number of rotatable bonds is 2. The third-order valence-corrected chi connectivity index (χ3v) is 3.83. The van der Waals surface area contributed by atoms with E-state index in [1.54, 1.807) is 0 Å². The third-order valence-electron chi connectivity index (χ3n) is 1.85. The summed E-state index contributed by atoms with van der Waals surface area (Å²) < 4.78 is 59.9. The van der Waals surface area contributed by atoms with Crippen LogP contribution in [0.25, 0.3) is 0 Å². The first kappa shape index (κ1) is 13.0. The quantitative estimate of drug-likeness (QED) is 0.580. The van der Waals surface area contributed by atoms with Crippen molar-refractivity contribution in [2.75, 3.05) is 0 Å². The van der Waals surface area contributed by atoms with Gasteiger partial charge >= 0.3 is 0 Å². The molecule has 0 bridgehead atoms. The fraction of sp³-hybridized carbons (Fsp3) is 0.333. The molecule has 1 aliphatic rings. The van der Waals surface area contributed by atoms with Crippen LogP contribution >= 0.6 is 0 Å². The average molecular weight is 270 g/mol. The summed E-state index contributed by atoms with van der Waals surface area (Å²) in [6.45, 7) is 0. The molecule has 0 saturated carbocycles. The molecule has 0 aliphatic heterocycles. The van der Waals surface area contributed by atoms with Crippen LogP contribution in [0.5, 0.6) is 0 Å². The van der Waals surface area contributed by atoms with E-state index < -0.39 is 48.4 Å². The highest BCUT2D eigenvalue weighted by Crippen LogP contribution is 2.21. The number of carbonyl (C=O) groups excluding carboxylic acids is 2. The molecule has 1 unspecified atom stereocenters. The van der Waals surface area contributed by atoms with Gasteiger partial charge in [-0.25, -0.2) is 0 Å². The molecular formula is C6H6O8S2. The van der Waals surface area contributed by atoms with E-state index in [9.17, 15) is 26.4 Å². The lowest BCUT2D eigenvalue weighted by Crippen LogP contribution is -2.38. The molecular weight excluding hydrogens is 264 g/mol. The van der Waals surface area contributed by atoms with Gasteiger partial charge in [-0.1, -0.05) is 0 Å². The van der Waals surface area contributed by atoms with Gasteiger partial charge in [-0.15, -0.1) is 0 Å². The third kappa shape index (κ3) is 2.52. The Morgan fingerprint density at radius 1 is 1.12 bits per heavy atom. The van der Waals surface area contributed by atoms with Gasteiger partial charge in [0, 0.05) is 12.5 Å². The van der Waals surface area contributed by atoms with Crippen LogP contribution in [0, 0.1) is 0 Å². The molecule has 1 aliphatic carbocycles. The molecule has 0 amide bonds. The van der Waals surface area contributed by atoms with Crippen LogP contribution in [0.4, 0.5) is 0 Å². The van der Waals surface area contributed by atoms with Gasteiger partial charge in [-0.05, 0) is 0 Å². The molecule has 90 valence electrons. The topological polar surface area (TPSA) is 143 Å². The number of carbonyl (C=O) groups is 2. The van der Waals surface area contributed by atoms with Crippen molar-refractivity contribution in [3.05, 3.63) is 11.0 Å². The summed E-state index contributed by atoms with van der Waals surface area (Å²) in [6.07, 6.45) is -0.518. The van der Waals surface area contributed by atoms with Crippen LogP contribution in [-0.4, -0.2) is 42.8 Å². The molecule has 0 fully saturated rings. The minimum Gasteiger partial charge on any atom is -0.295 e. The highest BCUT2D eigenvalue weighted by atomic mass is 32.2. The lowest BCUT2D eigenvalue weighted by atomic mass is 10.1. The molecule has 1 rings (SSSR count). The van der Waals surface area contributed by atoms with Gasteiger partial charge in [0.1, 0.15) is 4.91 Å². The Labute approximate surface area is 90.4 Å². The average Bonchev–Trinajstić information content (AvgIpc) is 2.04. The number of Topliss-reactive ketones (excluding diaryl/α,β-unsaturated/α-hetero) is 1. The van der Waals surface area contributed by atoms with Crippen LogP contribution in [-0.2, 0) is 29.8 Å². The summed E-state index contributed by atoms with van der Waals surface area (Å²) in [6, 6.07) is 0. The van der Waals surface area contributed by atoms with Crippen molar-refractivity contribution < 1.29 is 35.5 Å². The zero-order valence-corrected chi connectivity index (χ0v) is 9.16. The molecule has 8 nitrogen and oxygen atoms in total. The van der Waals surface area contributed by atoms with Gasteiger partial charge < -0.3 is 0 Å². The predicted molar refractivity (Wildman–Crippen MR) is 49.6 cm³/mol. The molecule has 2 N–H and O–H groups in total. The molecule has 0 heterocycles. The van der Waals surface area contributed by atoms with Gasteiger partial charge in [-0.3, -0.25) is 18.7 Å². The normalized spacial score (nSPS) is 23.1. The van der Waals surface area contributed by atoms with Crippen LogP contribution in [0.15, 0.2) is 11.0 Å². The van der Waals surface area contributed by atoms with Crippen molar-refractivity contribution in [2.24, 2.45) is 0 Å². The largest absolute Gasteiger partial charge is 0.298 e. The van der Waals surface area contributed by atoms with Crippen LogP contribution < -0.4 is 0 Å². The number of hydrogen-bond donors (Lipinski definition) is 2. The second kappa shape index (κ2) is 3.73. The van der Waals surface area contributed by atoms with E-state index in [2.05, 4.69) is 0 Å². The lowest BCUT2D eigenvalue weighted by molar-refractivity contribution is -0.121. The smallest absolute Gasteiger partial charge is 0.295 e. The molecule has 0 aromatic heterocycles. The van der Waals surface area contributed by atoms with E-state index >= 15 is 0 Å². The monoisotopic (exact) mass is 270 g/mol. The first-order chi connectivity index (χ1) is 7.03. The summed E-state index contributed by atoms with van der Waals surface area (Å²) in [4.78, 5) is 20.9. The van der Waals surface area contributed by atoms with Crippen molar-refractivity contribution in [2.45, 2.75) is 11.7 Å². The molecule has 0 radical (unpaired) electrons. The number of allylic oxidation sites excluding steroid dienone is 2. The van der Waals surface area contributed by atoms with E-state index in [1.807, 2.05) is 0 Å². The minimum atomic E-state index is -4.99. The number of ketones is 2. The maximum Gasteiger partial charge on any atom is 0.298 e. The molecule has 0 spiro atoms. The van der Waals surface area contributed by atoms with Gasteiger partial charge in [0.25, 0.3) is 20.2 Å². The van der Waals surface area contributed by atoms with Crippen LogP contribution in [0.2, 0.25) is 0 Å². The van der Waals surface area contributed by atoms with E-state index in [4.69, 9.17) is 9.11 Å². The van der Waals surface area contributed by atoms with Crippen LogP contribution in [0.1, 0.15) is 6.42 Å². The summed E-state index contributed by atoms with van der Waals surface area (Å²) in [5.41, 5.74) is 0. The molecule has 10 heteroatoms. The van der Waals surface area contributed by atoms with E-state index in [0.29, 0.717) is 6.08 Å². The van der Waals surface area contributed by atoms with Gasteiger partial charge in [0.05, 0.1) is 0 Å². The predicted octanol–water partition coefficient (Wildman–Crippen LogP) is -1.44. The Morgan fingerprint density at radius 2 is 1.62 bits per heavy atom. The van der Waals surface area contributed by atoms with Gasteiger partial charge in [0.2, 0.25) is 0 Å². The van der Waals surface area contributed by atoms with Crippen LogP contribution in [0.3, 0.4) is 0 Å². The molecule has 16 heavy (non-hydrogen) atoms. The second-order valence-electron chi connectivity index (χ2n) is 3.02. The SMILES string of the molecule is O=C1C=C(S(=O)(=O)O)C(=O)C(S(=O)(=O)O)C1. The first-order valence-corrected chi connectivity index (χ1v) is 6.70. The van der Waals surface area contributed by atoms with Crippen molar-refractivity contribution in [3.8, 4) is 0 Å². The van der Waals surface area contributed by atoms with E-state index in [-0.39, 0.29) is 0 Å². The van der Waals surface area contributed by atoms with Crippen molar-refractivity contribution in [1.29, 1.82) is 0 Å². The Bertz CT molecular complexity index is 578. The second-order valence-corrected chi connectivity index (χ2v) is 6.01. The highest BCUT2D eigenvalue weighted by molar-refractivity contribution is 7.91. The maximum absolute atomic E-state index is 11.3. The fourth-order valence-electron chi connectivity index (χ4n) is 1.15. The standard InChI is InChI=1S/C6H6O8S2/c7-3-1-4(15(9,10)11)6(8)5(2-3)16(12,13)14/h1,5H,2H2,(H,9,10,11)(H,12,13,14). The Kier molecular flexibility index (Phi) is 3.02. The molecule has 1 atom stereocenters. The molecule has 0 aromatic rings. The molecule has 0 aromatic carbocycles. The van der Waals surface area contributed by atoms with Gasteiger partial charge in [-0.2, -0.15) is 16.8 Å². The summed E-state index contributed by atoms with van der Waals surface area (Å²) >= 11 is 0. The Morgan fingerprint density at radius 3 is 2.00 bits per heavy atom. The lowest BCUT2D eigenvalue weighted by Gasteiger charge is -2.16. The van der Waals surface area contributed by atoms with Gasteiger partial charge in [0.15, 0.2) is 16.8 Å². The van der Waals surface area contributed by atoms with E-state index in [1.165, 1.54) is 0 Å². The van der Waals surface area contributed by atoms with Crippen molar-refractivity contribution >= 4 is 31.8 Å². The van der Waals surface area contributed by atoms with E-state index in [0.717, 1.165) is 0 Å². The minimum absolute atomic E-state index is 0.333. The Balaban J connectivity index is 3.37.